The molecule has 0 aliphatic rings. The molecule has 1 N–H and O–H groups in total. The molecule has 3 rings (SSSR count). The van der Waals surface area contributed by atoms with E-state index in [0.717, 1.165) is 17.0 Å². The lowest BCUT2D eigenvalue weighted by atomic mass is 10.1. The summed E-state index contributed by atoms with van der Waals surface area (Å²) in [4.78, 5) is 16.1. The molecule has 0 unspecified atom stereocenters. The Kier molecular flexibility index (Phi) is 6.12. The van der Waals surface area contributed by atoms with E-state index >= 15 is 0 Å². The minimum Gasteiger partial charge on any atom is -0.351 e. The molecule has 4 nitrogen and oxygen atoms in total. The summed E-state index contributed by atoms with van der Waals surface area (Å²) in [5, 5.41) is 2.98. The molecule has 0 bridgehead atoms. The van der Waals surface area contributed by atoms with E-state index in [1.165, 1.54) is 16.7 Å². The van der Waals surface area contributed by atoms with Gasteiger partial charge in [-0.1, -0.05) is 41.5 Å². The van der Waals surface area contributed by atoms with Crippen molar-refractivity contribution in [2.24, 2.45) is 0 Å². The van der Waals surface area contributed by atoms with Gasteiger partial charge in [-0.3, -0.25) is 4.79 Å². The molecule has 26 heavy (non-hydrogen) atoms. The van der Waals surface area contributed by atoms with Crippen molar-refractivity contribution in [3.8, 4) is 5.69 Å². The van der Waals surface area contributed by atoms with Crippen LogP contribution < -0.4 is 5.32 Å². The zero-order chi connectivity index (χ0) is 18.4. The minimum atomic E-state index is 0.0676. The van der Waals surface area contributed by atoms with Crippen LogP contribution in [0.1, 0.15) is 22.3 Å². The summed E-state index contributed by atoms with van der Waals surface area (Å²) in [6, 6.07) is 14.6. The van der Waals surface area contributed by atoms with E-state index in [1.807, 2.05) is 35.0 Å². The van der Waals surface area contributed by atoms with Crippen molar-refractivity contribution in [1.82, 2.24) is 14.9 Å². The van der Waals surface area contributed by atoms with Crippen molar-refractivity contribution in [2.75, 3.05) is 5.75 Å². The van der Waals surface area contributed by atoms with Gasteiger partial charge in [0.1, 0.15) is 0 Å². The van der Waals surface area contributed by atoms with Crippen LogP contribution in [0.2, 0.25) is 0 Å². The number of carbonyl (C=O) groups is 1. The number of benzene rings is 2. The third kappa shape index (κ3) is 5.23. The first-order valence-corrected chi connectivity index (χ1v) is 9.74. The van der Waals surface area contributed by atoms with Gasteiger partial charge in [-0.05, 0) is 37.1 Å². The van der Waals surface area contributed by atoms with E-state index < -0.39 is 0 Å². The largest absolute Gasteiger partial charge is 0.351 e. The van der Waals surface area contributed by atoms with E-state index in [1.54, 1.807) is 24.3 Å². The Labute approximate surface area is 158 Å². The van der Waals surface area contributed by atoms with Crippen molar-refractivity contribution in [3.05, 3.63) is 83.4 Å². The average Bonchev–Trinajstić information content (AvgIpc) is 3.14. The van der Waals surface area contributed by atoms with Gasteiger partial charge in [0.25, 0.3) is 0 Å². The Morgan fingerprint density at radius 1 is 1.08 bits per heavy atom. The Morgan fingerprint density at radius 3 is 2.46 bits per heavy atom. The SMILES string of the molecule is Cc1cc(C)cc(CSCC(=O)NCc2ccc(-n3ccnc3)cc2)c1. The first-order valence-electron chi connectivity index (χ1n) is 8.59. The zero-order valence-corrected chi connectivity index (χ0v) is 15.9. The molecule has 2 aromatic carbocycles. The Balaban J connectivity index is 1.42. The van der Waals surface area contributed by atoms with Gasteiger partial charge >= 0.3 is 0 Å². The van der Waals surface area contributed by atoms with Crippen molar-refractivity contribution in [1.29, 1.82) is 0 Å². The Bertz CT molecular complexity index is 837. The van der Waals surface area contributed by atoms with Gasteiger partial charge in [0.2, 0.25) is 5.91 Å². The van der Waals surface area contributed by atoms with Crippen LogP contribution in [0, 0.1) is 13.8 Å². The molecule has 0 saturated heterocycles. The van der Waals surface area contributed by atoms with Crippen LogP contribution in [-0.2, 0) is 17.1 Å². The van der Waals surface area contributed by atoms with E-state index in [2.05, 4.69) is 42.3 Å². The van der Waals surface area contributed by atoms with E-state index in [0.29, 0.717) is 12.3 Å². The highest BCUT2D eigenvalue weighted by molar-refractivity contribution is 7.99. The van der Waals surface area contributed by atoms with Crippen molar-refractivity contribution >= 4 is 17.7 Å². The molecular weight excluding hydrogens is 342 g/mol. The van der Waals surface area contributed by atoms with Crippen LogP contribution in [-0.4, -0.2) is 21.2 Å². The second kappa shape index (κ2) is 8.72. The topological polar surface area (TPSA) is 46.9 Å². The third-order valence-electron chi connectivity index (χ3n) is 4.01. The number of aromatic nitrogens is 2. The van der Waals surface area contributed by atoms with Gasteiger partial charge in [-0.25, -0.2) is 4.98 Å². The Morgan fingerprint density at radius 2 is 1.81 bits per heavy atom. The first kappa shape index (κ1) is 18.3. The minimum absolute atomic E-state index is 0.0676. The summed E-state index contributed by atoms with van der Waals surface area (Å²) < 4.78 is 1.95. The van der Waals surface area contributed by atoms with E-state index in [-0.39, 0.29) is 5.91 Å². The molecule has 0 saturated carbocycles. The summed E-state index contributed by atoms with van der Waals surface area (Å²) in [7, 11) is 0. The summed E-state index contributed by atoms with van der Waals surface area (Å²) in [6.45, 7) is 4.76. The fourth-order valence-electron chi connectivity index (χ4n) is 2.86. The number of imidazole rings is 1. The predicted molar refractivity (Wildman–Crippen MR) is 107 cm³/mol. The molecule has 1 aromatic heterocycles. The quantitative estimate of drug-likeness (QED) is 0.687. The van der Waals surface area contributed by atoms with Gasteiger partial charge in [-0.15, -0.1) is 11.8 Å². The molecular formula is C21H23N3OS. The van der Waals surface area contributed by atoms with Crippen LogP contribution in [0.5, 0.6) is 0 Å². The van der Waals surface area contributed by atoms with Gasteiger partial charge in [0, 0.05) is 30.4 Å². The zero-order valence-electron chi connectivity index (χ0n) is 15.1. The van der Waals surface area contributed by atoms with E-state index in [9.17, 15) is 4.79 Å². The van der Waals surface area contributed by atoms with Gasteiger partial charge in [-0.2, -0.15) is 0 Å². The summed E-state index contributed by atoms with van der Waals surface area (Å²) in [6.07, 6.45) is 5.43. The average molecular weight is 366 g/mol. The number of amides is 1. The van der Waals surface area contributed by atoms with Gasteiger partial charge in [0.05, 0.1) is 12.1 Å². The first-order chi connectivity index (χ1) is 12.6. The highest BCUT2D eigenvalue weighted by Crippen LogP contribution is 2.16. The number of hydrogen-bond donors (Lipinski definition) is 1. The number of rotatable bonds is 7. The molecule has 0 atom stereocenters. The Hall–Kier alpha value is -2.53. The van der Waals surface area contributed by atoms with Crippen LogP contribution in [0.25, 0.3) is 5.69 Å². The van der Waals surface area contributed by atoms with Crippen LogP contribution in [0.15, 0.2) is 61.2 Å². The van der Waals surface area contributed by atoms with Crippen molar-refractivity contribution in [2.45, 2.75) is 26.1 Å². The fourth-order valence-corrected chi connectivity index (χ4v) is 3.66. The normalized spacial score (nSPS) is 10.7. The molecule has 0 radical (unpaired) electrons. The molecule has 0 aliphatic carbocycles. The summed E-state index contributed by atoms with van der Waals surface area (Å²) in [5.41, 5.74) is 5.95. The smallest absolute Gasteiger partial charge is 0.230 e. The van der Waals surface area contributed by atoms with Crippen molar-refractivity contribution < 1.29 is 4.79 Å². The lowest BCUT2D eigenvalue weighted by Gasteiger charge is -2.08. The molecule has 0 aliphatic heterocycles. The summed E-state index contributed by atoms with van der Waals surface area (Å²) >= 11 is 1.65. The second-order valence-corrected chi connectivity index (χ2v) is 7.39. The van der Waals surface area contributed by atoms with Crippen molar-refractivity contribution in [3.63, 3.8) is 0 Å². The van der Waals surface area contributed by atoms with Crippen LogP contribution in [0.3, 0.4) is 0 Å². The molecule has 5 heteroatoms. The number of hydrogen-bond acceptors (Lipinski definition) is 3. The molecule has 134 valence electrons. The molecule has 0 spiro atoms. The maximum atomic E-state index is 12.0. The van der Waals surface area contributed by atoms with Crippen LogP contribution >= 0.6 is 11.8 Å². The molecule has 1 amide bonds. The van der Waals surface area contributed by atoms with E-state index in [4.69, 9.17) is 0 Å². The van der Waals surface area contributed by atoms with Gasteiger partial charge < -0.3 is 9.88 Å². The highest BCUT2D eigenvalue weighted by atomic mass is 32.2. The molecule has 0 fully saturated rings. The number of nitrogens with one attached hydrogen (secondary N) is 1. The van der Waals surface area contributed by atoms with Gasteiger partial charge in [0.15, 0.2) is 0 Å². The number of nitrogens with zero attached hydrogens (tertiary/aromatic N) is 2. The maximum Gasteiger partial charge on any atom is 0.230 e. The fraction of sp³-hybridized carbons (Fsp3) is 0.238. The highest BCUT2D eigenvalue weighted by Gasteiger charge is 2.04. The predicted octanol–water partition coefficient (Wildman–Crippen LogP) is 4.04. The number of thioether (sulfide) groups is 1. The standard InChI is InChI=1S/C21H23N3OS/c1-16-9-17(2)11-19(10-16)13-26-14-21(25)23-12-18-3-5-20(6-4-18)24-8-7-22-15-24/h3-11,15H,12-14H2,1-2H3,(H,23,25). The third-order valence-corrected chi connectivity index (χ3v) is 5.02. The molecule has 3 aromatic rings. The monoisotopic (exact) mass is 365 g/mol. The lowest BCUT2D eigenvalue weighted by Crippen LogP contribution is -2.24. The number of carbonyl (C=O) groups excluding carboxylic acids is 1. The number of aryl methyl sites for hydroxylation is 2. The lowest BCUT2D eigenvalue weighted by molar-refractivity contribution is -0.118. The maximum absolute atomic E-state index is 12.0. The molecule has 1 heterocycles. The van der Waals surface area contributed by atoms with Crippen LogP contribution in [0.4, 0.5) is 0 Å². The summed E-state index contributed by atoms with van der Waals surface area (Å²) in [5.74, 6) is 1.40. The second-order valence-electron chi connectivity index (χ2n) is 6.40.